The summed E-state index contributed by atoms with van der Waals surface area (Å²) in [5.74, 6) is -0.837. The van der Waals surface area contributed by atoms with Gasteiger partial charge in [-0.1, -0.05) is 12.1 Å². The third kappa shape index (κ3) is 4.67. The molecule has 32 heavy (non-hydrogen) atoms. The first-order valence-electron chi connectivity index (χ1n) is 9.84. The van der Waals surface area contributed by atoms with Gasteiger partial charge in [0, 0.05) is 36.6 Å². The van der Waals surface area contributed by atoms with Crippen LogP contribution in [0.15, 0.2) is 60.7 Å². The van der Waals surface area contributed by atoms with Crippen molar-refractivity contribution in [2.24, 2.45) is 0 Å². The van der Waals surface area contributed by atoms with Crippen molar-refractivity contribution in [1.29, 1.82) is 0 Å². The molecule has 9 heteroatoms. The Kier molecular flexibility index (Phi) is 6.01. The molecule has 0 aliphatic carbocycles. The monoisotopic (exact) mass is 462 g/mol. The fourth-order valence-electron chi connectivity index (χ4n) is 3.47. The number of carbonyl (C=O) groups is 2. The molecule has 3 aromatic rings. The van der Waals surface area contributed by atoms with Crippen molar-refractivity contribution < 1.29 is 27.2 Å². The highest BCUT2D eigenvalue weighted by molar-refractivity contribution is 7.17. The van der Waals surface area contributed by atoms with Crippen molar-refractivity contribution in [2.75, 3.05) is 26.2 Å². The Balaban J connectivity index is 1.37. The predicted molar refractivity (Wildman–Crippen MR) is 113 cm³/mol. The van der Waals surface area contributed by atoms with Crippen LogP contribution in [-0.2, 0) is 6.18 Å². The van der Waals surface area contributed by atoms with Crippen LogP contribution in [0.1, 0.15) is 25.6 Å². The van der Waals surface area contributed by atoms with Gasteiger partial charge in [-0.05, 0) is 54.1 Å². The van der Waals surface area contributed by atoms with Gasteiger partial charge in [0.15, 0.2) is 0 Å². The van der Waals surface area contributed by atoms with E-state index in [-0.39, 0.29) is 23.2 Å². The van der Waals surface area contributed by atoms with E-state index < -0.39 is 11.7 Å². The molecule has 0 saturated carbocycles. The van der Waals surface area contributed by atoms with Crippen molar-refractivity contribution in [3.63, 3.8) is 0 Å². The number of hydrogen-bond acceptors (Lipinski definition) is 3. The number of carbonyl (C=O) groups excluding carboxylic acids is 2. The van der Waals surface area contributed by atoms with Gasteiger partial charge in [0.1, 0.15) is 5.82 Å². The highest BCUT2D eigenvalue weighted by Gasteiger charge is 2.31. The zero-order valence-electron chi connectivity index (χ0n) is 16.7. The quantitative estimate of drug-likeness (QED) is 0.504. The van der Waals surface area contributed by atoms with E-state index in [0.29, 0.717) is 31.1 Å². The van der Waals surface area contributed by atoms with Gasteiger partial charge in [-0.25, -0.2) is 4.39 Å². The number of amides is 2. The molecule has 4 nitrogen and oxygen atoms in total. The van der Waals surface area contributed by atoms with E-state index in [1.807, 2.05) is 6.07 Å². The summed E-state index contributed by atoms with van der Waals surface area (Å²) in [5.41, 5.74) is 0.197. The molecule has 0 N–H and O–H groups in total. The highest BCUT2D eigenvalue weighted by atomic mass is 32.1. The number of benzene rings is 2. The molecule has 1 aliphatic rings. The largest absolute Gasteiger partial charge is 0.416 e. The van der Waals surface area contributed by atoms with E-state index in [4.69, 9.17) is 0 Å². The summed E-state index contributed by atoms with van der Waals surface area (Å²) < 4.78 is 51.2. The lowest BCUT2D eigenvalue weighted by atomic mass is 10.1. The van der Waals surface area contributed by atoms with Crippen LogP contribution in [0.5, 0.6) is 0 Å². The highest BCUT2D eigenvalue weighted by Crippen LogP contribution is 2.30. The third-order valence-corrected chi connectivity index (χ3v) is 6.38. The smallest absolute Gasteiger partial charge is 0.335 e. The molecule has 4 rings (SSSR count). The first-order valence-corrected chi connectivity index (χ1v) is 10.7. The number of rotatable bonds is 3. The van der Waals surface area contributed by atoms with Crippen LogP contribution >= 0.6 is 11.3 Å². The van der Waals surface area contributed by atoms with Crippen molar-refractivity contribution in [2.45, 2.75) is 6.18 Å². The normalized spacial score (nSPS) is 14.5. The number of alkyl halides is 3. The minimum absolute atomic E-state index is 0.148. The second-order valence-electron chi connectivity index (χ2n) is 7.33. The molecule has 0 bridgehead atoms. The Hall–Kier alpha value is -3.20. The van der Waals surface area contributed by atoms with Crippen LogP contribution in [0, 0.1) is 5.82 Å². The summed E-state index contributed by atoms with van der Waals surface area (Å²) >= 11 is 1.31. The average molecular weight is 462 g/mol. The average Bonchev–Trinajstić information content (AvgIpc) is 3.28. The Morgan fingerprint density at radius 1 is 0.750 bits per heavy atom. The van der Waals surface area contributed by atoms with Crippen molar-refractivity contribution >= 4 is 23.2 Å². The van der Waals surface area contributed by atoms with Crippen LogP contribution in [0.25, 0.3) is 10.4 Å². The lowest BCUT2D eigenvalue weighted by Gasteiger charge is -2.34. The number of hydrogen-bond donors (Lipinski definition) is 0. The number of halogens is 4. The standard InChI is InChI=1S/C23H18F4N2O2S/c24-18-7-3-15(4-8-18)19-9-10-20(32-19)22(31)29-13-11-28(12-14-29)21(30)16-1-5-17(6-2-16)23(25,26)27/h1-10H,11-14H2. The zero-order chi connectivity index (χ0) is 22.9. The van der Waals surface area contributed by atoms with Crippen molar-refractivity contribution in [3.8, 4) is 10.4 Å². The van der Waals surface area contributed by atoms with Crippen LogP contribution in [0.3, 0.4) is 0 Å². The summed E-state index contributed by atoms with van der Waals surface area (Å²) in [5, 5.41) is 0. The number of nitrogens with zero attached hydrogens (tertiary/aromatic N) is 2. The van der Waals surface area contributed by atoms with Gasteiger partial charge in [-0.3, -0.25) is 9.59 Å². The third-order valence-electron chi connectivity index (χ3n) is 5.26. The fourth-order valence-corrected chi connectivity index (χ4v) is 4.45. The number of thiophene rings is 1. The molecular weight excluding hydrogens is 444 g/mol. The summed E-state index contributed by atoms with van der Waals surface area (Å²) in [6.07, 6.45) is -4.45. The molecule has 1 fully saturated rings. The van der Waals surface area contributed by atoms with E-state index >= 15 is 0 Å². The predicted octanol–water partition coefficient (Wildman–Crippen LogP) is 5.17. The second-order valence-corrected chi connectivity index (χ2v) is 8.41. The molecule has 2 heterocycles. The van der Waals surface area contributed by atoms with Gasteiger partial charge in [0.2, 0.25) is 0 Å². The van der Waals surface area contributed by atoms with Crippen LogP contribution in [-0.4, -0.2) is 47.8 Å². The van der Waals surface area contributed by atoms with Gasteiger partial charge < -0.3 is 9.80 Å². The van der Waals surface area contributed by atoms with Gasteiger partial charge in [0.25, 0.3) is 11.8 Å². The van der Waals surface area contributed by atoms with Crippen LogP contribution in [0.2, 0.25) is 0 Å². The second kappa shape index (κ2) is 8.74. The number of piperazine rings is 1. The lowest BCUT2D eigenvalue weighted by Crippen LogP contribution is -2.50. The van der Waals surface area contributed by atoms with Crippen molar-refractivity contribution in [1.82, 2.24) is 9.80 Å². The van der Waals surface area contributed by atoms with E-state index in [2.05, 4.69) is 0 Å². The molecule has 1 saturated heterocycles. The van der Waals surface area contributed by atoms with E-state index in [1.165, 1.54) is 40.5 Å². The molecule has 0 spiro atoms. The summed E-state index contributed by atoms with van der Waals surface area (Å²) in [4.78, 5) is 30.0. The molecule has 1 aromatic heterocycles. The molecule has 0 radical (unpaired) electrons. The Labute approximate surface area is 185 Å². The molecular formula is C23H18F4N2O2S. The SMILES string of the molecule is O=C(c1ccc(C(F)(F)F)cc1)N1CCN(C(=O)c2ccc(-c3ccc(F)cc3)s2)CC1. The zero-order valence-corrected chi connectivity index (χ0v) is 17.5. The lowest BCUT2D eigenvalue weighted by molar-refractivity contribution is -0.137. The van der Waals surface area contributed by atoms with Gasteiger partial charge in [0.05, 0.1) is 10.4 Å². The maximum atomic E-state index is 13.1. The summed E-state index contributed by atoms with van der Waals surface area (Å²) in [7, 11) is 0. The molecule has 2 aromatic carbocycles. The summed E-state index contributed by atoms with van der Waals surface area (Å²) in [6, 6.07) is 13.7. The minimum atomic E-state index is -4.45. The Bertz CT molecular complexity index is 1120. The first kappa shape index (κ1) is 22.0. The van der Waals surface area contributed by atoms with Gasteiger partial charge in [-0.15, -0.1) is 11.3 Å². The van der Waals surface area contributed by atoms with Crippen LogP contribution in [0.4, 0.5) is 17.6 Å². The fraction of sp³-hybridized carbons (Fsp3) is 0.217. The molecule has 1 aliphatic heterocycles. The van der Waals surface area contributed by atoms with E-state index in [1.54, 1.807) is 23.1 Å². The van der Waals surface area contributed by atoms with Gasteiger partial charge >= 0.3 is 6.18 Å². The topological polar surface area (TPSA) is 40.6 Å². The summed E-state index contributed by atoms with van der Waals surface area (Å²) in [6.45, 7) is 1.24. The Morgan fingerprint density at radius 2 is 1.31 bits per heavy atom. The van der Waals surface area contributed by atoms with E-state index in [9.17, 15) is 27.2 Å². The molecule has 166 valence electrons. The maximum absolute atomic E-state index is 13.1. The molecule has 0 atom stereocenters. The molecule has 0 unspecified atom stereocenters. The first-order chi connectivity index (χ1) is 15.2. The van der Waals surface area contributed by atoms with Crippen LogP contribution < -0.4 is 0 Å². The maximum Gasteiger partial charge on any atom is 0.416 e. The Morgan fingerprint density at radius 3 is 1.88 bits per heavy atom. The van der Waals surface area contributed by atoms with Gasteiger partial charge in [-0.2, -0.15) is 13.2 Å². The van der Waals surface area contributed by atoms with E-state index in [0.717, 1.165) is 22.6 Å². The minimum Gasteiger partial charge on any atom is -0.335 e. The van der Waals surface area contributed by atoms with Crippen molar-refractivity contribution in [3.05, 3.63) is 82.5 Å². The molecule has 2 amide bonds.